The zero-order valence-corrected chi connectivity index (χ0v) is 20.4. The molecule has 8 heteroatoms. The zero-order valence-electron chi connectivity index (χ0n) is 19.7. The Balaban J connectivity index is 1.49. The number of nitrogens with zero attached hydrogens (tertiary/aromatic N) is 3. The Labute approximate surface area is 204 Å². The van der Waals surface area contributed by atoms with Gasteiger partial charge in [0, 0.05) is 60.2 Å². The van der Waals surface area contributed by atoms with Crippen molar-refractivity contribution in [2.45, 2.75) is 25.8 Å². The van der Waals surface area contributed by atoms with Crippen LogP contribution in [0.5, 0.6) is 11.5 Å². The van der Waals surface area contributed by atoms with E-state index in [1.54, 1.807) is 20.4 Å². The number of hydrogen-bond acceptors (Lipinski definition) is 5. The third-order valence-corrected chi connectivity index (χ3v) is 7.39. The maximum absolute atomic E-state index is 9.22. The summed E-state index contributed by atoms with van der Waals surface area (Å²) in [6.45, 7) is 4.31. The van der Waals surface area contributed by atoms with Crippen LogP contribution in [0.3, 0.4) is 0 Å². The van der Waals surface area contributed by atoms with Gasteiger partial charge in [0.2, 0.25) is 0 Å². The number of aromatic nitrogens is 3. The summed E-state index contributed by atoms with van der Waals surface area (Å²) in [5.41, 5.74) is 3.92. The quantitative estimate of drug-likeness (QED) is 0.371. The fraction of sp³-hybridized carbons (Fsp3) is 0.423. The minimum Gasteiger partial charge on any atom is -0.493 e. The lowest BCUT2D eigenvalue weighted by Crippen LogP contribution is -2.36. The number of hydrogen-bond donors (Lipinski definition) is 2. The van der Waals surface area contributed by atoms with E-state index < -0.39 is 0 Å². The number of benzene rings is 1. The summed E-state index contributed by atoms with van der Waals surface area (Å²) in [5.74, 6) is 2.07. The number of fused-ring (bicyclic) bond motifs is 2. The van der Waals surface area contributed by atoms with Gasteiger partial charge in [0.1, 0.15) is 5.65 Å². The largest absolute Gasteiger partial charge is 0.493 e. The molecule has 4 aromatic rings. The van der Waals surface area contributed by atoms with Crippen LogP contribution in [0.1, 0.15) is 19.3 Å². The molecule has 0 spiro atoms. The molecule has 1 aliphatic rings. The molecule has 0 atom stereocenters. The third kappa shape index (κ3) is 4.35. The molecule has 1 saturated heterocycles. The van der Waals surface area contributed by atoms with Crippen molar-refractivity contribution in [3.05, 3.63) is 41.7 Å². The zero-order chi connectivity index (χ0) is 23.7. The normalized spacial score (nSPS) is 15.4. The number of aliphatic hydroxyl groups is 1. The van der Waals surface area contributed by atoms with Gasteiger partial charge in [-0.1, -0.05) is 11.6 Å². The van der Waals surface area contributed by atoms with Gasteiger partial charge in [-0.25, -0.2) is 4.98 Å². The molecule has 4 heterocycles. The van der Waals surface area contributed by atoms with Crippen LogP contribution >= 0.6 is 11.6 Å². The number of methoxy groups -OCH3 is 2. The summed E-state index contributed by atoms with van der Waals surface area (Å²) in [7, 11) is 3.33. The molecule has 7 nitrogen and oxygen atoms in total. The van der Waals surface area contributed by atoms with Crippen LogP contribution in [-0.4, -0.2) is 65.0 Å². The highest BCUT2D eigenvalue weighted by atomic mass is 35.5. The van der Waals surface area contributed by atoms with Gasteiger partial charge < -0.3 is 29.0 Å². The topological polar surface area (TPSA) is 75.5 Å². The first kappa shape index (κ1) is 23.0. The van der Waals surface area contributed by atoms with Crippen molar-refractivity contribution < 1.29 is 14.6 Å². The average Bonchev–Trinajstić information content (AvgIpc) is 3.45. The van der Waals surface area contributed by atoms with Gasteiger partial charge in [0.25, 0.3) is 0 Å². The van der Waals surface area contributed by atoms with E-state index in [0.29, 0.717) is 29.0 Å². The number of aromatic amines is 1. The number of halogens is 1. The van der Waals surface area contributed by atoms with Crippen molar-refractivity contribution in [2.24, 2.45) is 5.92 Å². The average molecular weight is 483 g/mol. The van der Waals surface area contributed by atoms with Crippen LogP contribution in [0.15, 0.2) is 36.7 Å². The minimum atomic E-state index is 0.294. The van der Waals surface area contributed by atoms with Crippen LogP contribution in [0, 0.1) is 5.92 Å². The number of rotatable bonds is 8. The van der Waals surface area contributed by atoms with Crippen LogP contribution in [0.25, 0.3) is 33.2 Å². The summed E-state index contributed by atoms with van der Waals surface area (Å²) in [6, 6.07) is 7.97. The number of nitrogens with one attached hydrogen (secondary N) is 1. The first-order valence-electron chi connectivity index (χ1n) is 11.8. The standard InChI is InChI=1S/C26H31ClN4O3/c1-33-24-14-18-20(22-13-19-21(27)3-7-28-26(19)29-22)16-31(23(18)15-25(24)34-2)11-10-30-8-4-17(5-9-30)6-12-32/h3,7,13-17,32H,4-6,8-12H2,1-2H3,(H,28,29). The van der Waals surface area contributed by atoms with Gasteiger partial charge in [0.05, 0.1) is 24.8 Å². The molecule has 0 amide bonds. The van der Waals surface area contributed by atoms with Gasteiger partial charge in [-0.15, -0.1) is 0 Å². The fourth-order valence-corrected chi connectivity index (χ4v) is 5.29. The second-order valence-electron chi connectivity index (χ2n) is 9.00. The van der Waals surface area contributed by atoms with Crippen LogP contribution in [0.4, 0.5) is 0 Å². The van der Waals surface area contributed by atoms with E-state index in [4.69, 9.17) is 21.1 Å². The molecule has 0 radical (unpaired) electrons. The third-order valence-electron chi connectivity index (χ3n) is 7.06. The molecule has 180 valence electrons. The van der Waals surface area contributed by atoms with E-state index in [0.717, 1.165) is 78.6 Å². The molecule has 0 bridgehead atoms. The van der Waals surface area contributed by atoms with Crippen LogP contribution < -0.4 is 9.47 Å². The molecule has 3 aromatic heterocycles. The van der Waals surface area contributed by atoms with Crippen molar-refractivity contribution >= 4 is 33.5 Å². The number of piperidine rings is 1. The molecule has 0 saturated carbocycles. The Morgan fingerprint density at radius 1 is 1.09 bits per heavy atom. The molecule has 1 fully saturated rings. The van der Waals surface area contributed by atoms with Crippen LogP contribution in [-0.2, 0) is 6.54 Å². The Bertz CT molecular complexity index is 1290. The summed E-state index contributed by atoms with van der Waals surface area (Å²) in [5, 5.41) is 11.9. The SMILES string of the molecule is COc1cc2c(-c3cc4c(Cl)ccnc4[nH]3)cn(CCN3CCC(CCO)CC3)c2cc1OC. The van der Waals surface area contributed by atoms with E-state index in [2.05, 4.69) is 37.8 Å². The number of ether oxygens (including phenoxy) is 2. The van der Waals surface area contributed by atoms with Gasteiger partial charge >= 0.3 is 0 Å². The summed E-state index contributed by atoms with van der Waals surface area (Å²) in [6.07, 6.45) is 7.15. The number of H-pyrrole nitrogens is 1. The highest BCUT2D eigenvalue weighted by Gasteiger charge is 2.20. The monoisotopic (exact) mass is 482 g/mol. The minimum absolute atomic E-state index is 0.294. The second kappa shape index (κ2) is 9.86. The fourth-order valence-electron chi connectivity index (χ4n) is 5.09. The van der Waals surface area contributed by atoms with E-state index in [1.165, 1.54) is 0 Å². The number of aliphatic hydroxyl groups excluding tert-OH is 1. The summed E-state index contributed by atoms with van der Waals surface area (Å²) >= 11 is 6.41. The Hall–Kier alpha value is -2.74. The highest BCUT2D eigenvalue weighted by Crippen LogP contribution is 2.39. The Kier molecular flexibility index (Phi) is 6.68. The van der Waals surface area contributed by atoms with E-state index >= 15 is 0 Å². The Morgan fingerprint density at radius 3 is 2.56 bits per heavy atom. The smallest absolute Gasteiger partial charge is 0.162 e. The van der Waals surface area contributed by atoms with Crippen molar-refractivity contribution in [2.75, 3.05) is 40.5 Å². The lowest BCUT2D eigenvalue weighted by Gasteiger charge is -2.31. The molecule has 1 aromatic carbocycles. The second-order valence-corrected chi connectivity index (χ2v) is 9.40. The van der Waals surface area contributed by atoms with Crippen molar-refractivity contribution in [3.8, 4) is 22.8 Å². The molecule has 0 unspecified atom stereocenters. The molecular weight excluding hydrogens is 452 g/mol. The Morgan fingerprint density at radius 2 is 1.85 bits per heavy atom. The number of pyridine rings is 1. The predicted molar refractivity (Wildman–Crippen MR) is 136 cm³/mol. The summed E-state index contributed by atoms with van der Waals surface area (Å²) in [4.78, 5) is 10.4. The van der Waals surface area contributed by atoms with Gasteiger partial charge in [0.15, 0.2) is 11.5 Å². The summed E-state index contributed by atoms with van der Waals surface area (Å²) < 4.78 is 13.5. The van der Waals surface area contributed by atoms with Crippen molar-refractivity contribution in [1.29, 1.82) is 0 Å². The molecule has 2 N–H and O–H groups in total. The lowest BCUT2D eigenvalue weighted by molar-refractivity contribution is 0.155. The molecule has 34 heavy (non-hydrogen) atoms. The lowest BCUT2D eigenvalue weighted by atomic mass is 9.94. The van der Waals surface area contributed by atoms with Gasteiger partial charge in [-0.05, 0) is 56.5 Å². The van der Waals surface area contributed by atoms with E-state index in [1.807, 2.05) is 12.1 Å². The molecule has 1 aliphatic heterocycles. The predicted octanol–water partition coefficient (Wildman–Crippen LogP) is 4.95. The van der Waals surface area contributed by atoms with Gasteiger partial charge in [-0.3, -0.25) is 0 Å². The molecular formula is C26H31ClN4O3. The van der Waals surface area contributed by atoms with Crippen molar-refractivity contribution in [3.63, 3.8) is 0 Å². The first-order valence-corrected chi connectivity index (χ1v) is 12.2. The number of likely N-dealkylation sites (tertiary alicyclic amines) is 1. The van der Waals surface area contributed by atoms with Crippen LogP contribution in [0.2, 0.25) is 5.02 Å². The van der Waals surface area contributed by atoms with E-state index in [9.17, 15) is 5.11 Å². The van der Waals surface area contributed by atoms with E-state index in [-0.39, 0.29) is 0 Å². The van der Waals surface area contributed by atoms with Crippen molar-refractivity contribution in [1.82, 2.24) is 19.4 Å². The van der Waals surface area contributed by atoms with Gasteiger partial charge in [-0.2, -0.15) is 0 Å². The maximum atomic E-state index is 9.22. The maximum Gasteiger partial charge on any atom is 0.162 e. The first-order chi connectivity index (χ1) is 16.6. The highest BCUT2D eigenvalue weighted by molar-refractivity contribution is 6.35. The molecule has 0 aliphatic carbocycles. The molecule has 5 rings (SSSR count).